The first-order valence-electron chi connectivity index (χ1n) is 7.31. The minimum atomic E-state index is -0.0417. The number of nitrogens with zero attached hydrogens (tertiary/aromatic N) is 1. The molecule has 0 spiro atoms. The minimum Gasteiger partial charge on any atom is -0.436 e. The molecule has 22 heavy (non-hydrogen) atoms. The van der Waals surface area contributed by atoms with Gasteiger partial charge in [0.15, 0.2) is 5.58 Å². The first-order valence-corrected chi connectivity index (χ1v) is 7.31. The van der Waals surface area contributed by atoms with Crippen molar-refractivity contribution in [2.45, 2.75) is 20.8 Å². The molecule has 0 fully saturated rings. The quantitative estimate of drug-likeness (QED) is 0.779. The molecule has 0 saturated heterocycles. The Morgan fingerprint density at radius 2 is 1.86 bits per heavy atom. The molecule has 0 aliphatic heterocycles. The van der Waals surface area contributed by atoms with Crippen LogP contribution in [0.1, 0.15) is 19.4 Å². The van der Waals surface area contributed by atoms with E-state index in [1.54, 1.807) is 0 Å². The summed E-state index contributed by atoms with van der Waals surface area (Å²) in [6.45, 7) is 5.75. The second-order valence-corrected chi connectivity index (χ2v) is 5.71. The Hall–Kier alpha value is -2.62. The van der Waals surface area contributed by atoms with Gasteiger partial charge >= 0.3 is 0 Å². The summed E-state index contributed by atoms with van der Waals surface area (Å²) in [4.78, 5) is 16.2. The summed E-state index contributed by atoms with van der Waals surface area (Å²) < 4.78 is 5.80. The number of carbonyl (C=O) groups excluding carboxylic acids is 1. The SMILES string of the molecule is Cc1ccc2nc(-c3ccc(NC(=O)C(C)C)cc3)oc2c1. The Labute approximate surface area is 129 Å². The number of oxazole rings is 1. The summed E-state index contributed by atoms with van der Waals surface area (Å²) in [6.07, 6.45) is 0. The first kappa shape index (κ1) is 14.3. The van der Waals surface area contributed by atoms with Crippen LogP contribution in [-0.2, 0) is 4.79 Å². The van der Waals surface area contributed by atoms with Crippen LogP contribution in [0.5, 0.6) is 0 Å². The molecule has 0 aliphatic rings. The predicted molar refractivity (Wildman–Crippen MR) is 87.6 cm³/mol. The molecule has 0 radical (unpaired) electrons. The minimum absolute atomic E-state index is 0.00471. The van der Waals surface area contributed by atoms with Gasteiger partial charge in [0.05, 0.1) is 0 Å². The van der Waals surface area contributed by atoms with E-state index in [2.05, 4.69) is 10.3 Å². The molecular formula is C18H18N2O2. The van der Waals surface area contributed by atoms with Crippen molar-refractivity contribution in [3.63, 3.8) is 0 Å². The third-order valence-corrected chi connectivity index (χ3v) is 3.47. The summed E-state index contributed by atoms with van der Waals surface area (Å²) in [5.41, 5.74) is 4.43. The molecule has 4 nitrogen and oxygen atoms in total. The van der Waals surface area contributed by atoms with Crippen LogP contribution < -0.4 is 5.32 Å². The second-order valence-electron chi connectivity index (χ2n) is 5.71. The Balaban J connectivity index is 1.86. The number of amides is 1. The summed E-state index contributed by atoms with van der Waals surface area (Å²) in [7, 11) is 0. The molecule has 0 aliphatic carbocycles. The number of fused-ring (bicyclic) bond motifs is 1. The van der Waals surface area contributed by atoms with Crippen LogP contribution in [0.15, 0.2) is 46.9 Å². The summed E-state index contributed by atoms with van der Waals surface area (Å²) in [6, 6.07) is 13.4. The van der Waals surface area contributed by atoms with Crippen LogP contribution in [0.2, 0.25) is 0 Å². The molecule has 0 bridgehead atoms. The molecule has 2 aromatic carbocycles. The average Bonchev–Trinajstić information content (AvgIpc) is 2.90. The lowest BCUT2D eigenvalue weighted by atomic mass is 10.1. The predicted octanol–water partition coefficient (Wildman–Crippen LogP) is 4.40. The van der Waals surface area contributed by atoms with E-state index in [-0.39, 0.29) is 11.8 Å². The highest BCUT2D eigenvalue weighted by Crippen LogP contribution is 2.26. The van der Waals surface area contributed by atoms with Gasteiger partial charge in [0.1, 0.15) is 5.52 Å². The molecule has 4 heteroatoms. The van der Waals surface area contributed by atoms with Crippen molar-refractivity contribution in [2.75, 3.05) is 5.32 Å². The number of nitrogens with one attached hydrogen (secondary N) is 1. The number of rotatable bonds is 3. The highest BCUT2D eigenvalue weighted by molar-refractivity contribution is 5.92. The van der Waals surface area contributed by atoms with Crippen LogP contribution in [0.25, 0.3) is 22.6 Å². The lowest BCUT2D eigenvalue weighted by Crippen LogP contribution is -2.17. The maximum absolute atomic E-state index is 11.7. The molecular weight excluding hydrogens is 276 g/mol. The molecule has 112 valence electrons. The maximum Gasteiger partial charge on any atom is 0.227 e. The number of aromatic nitrogens is 1. The lowest BCUT2D eigenvalue weighted by molar-refractivity contribution is -0.118. The maximum atomic E-state index is 11.7. The zero-order valence-corrected chi connectivity index (χ0v) is 12.9. The Morgan fingerprint density at radius 3 is 2.55 bits per heavy atom. The van der Waals surface area contributed by atoms with Crippen molar-refractivity contribution >= 4 is 22.7 Å². The van der Waals surface area contributed by atoms with Crippen molar-refractivity contribution < 1.29 is 9.21 Å². The van der Waals surface area contributed by atoms with Crippen LogP contribution in [-0.4, -0.2) is 10.9 Å². The molecule has 3 aromatic rings. The van der Waals surface area contributed by atoms with Crippen LogP contribution in [0.3, 0.4) is 0 Å². The number of hydrogen-bond donors (Lipinski definition) is 1. The van der Waals surface area contributed by atoms with E-state index in [0.717, 1.165) is 27.9 Å². The number of hydrogen-bond acceptors (Lipinski definition) is 3. The molecule has 0 saturated carbocycles. The topological polar surface area (TPSA) is 55.1 Å². The zero-order chi connectivity index (χ0) is 15.7. The van der Waals surface area contributed by atoms with Gasteiger partial charge < -0.3 is 9.73 Å². The van der Waals surface area contributed by atoms with E-state index in [4.69, 9.17) is 4.42 Å². The molecule has 0 atom stereocenters. The van der Waals surface area contributed by atoms with E-state index in [0.29, 0.717) is 5.89 Å². The van der Waals surface area contributed by atoms with Gasteiger partial charge in [-0.2, -0.15) is 0 Å². The van der Waals surface area contributed by atoms with Crippen molar-refractivity contribution in [1.82, 2.24) is 4.98 Å². The van der Waals surface area contributed by atoms with Gasteiger partial charge in [-0.05, 0) is 48.9 Å². The molecule has 1 aromatic heterocycles. The number of aryl methyl sites for hydroxylation is 1. The van der Waals surface area contributed by atoms with Crippen LogP contribution in [0, 0.1) is 12.8 Å². The lowest BCUT2D eigenvalue weighted by Gasteiger charge is -2.07. The van der Waals surface area contributed by atoms with Crippen molar-refractivity contribution in [2.24, 2.45) is 5.92 Å². The van der Waals surface area contributed by atoms with Crippen molar-refractivity contribution in [3.8, 4) is 11.5 Å². The summed E-state index contributed by atoms with van der Waals surface area (Å²) in [5.74, 6) is 0.548. The monoisotopic (exact) mass is 294 g/mol. The number of benzene rings is 2. The Kier molecular flexibility index (Phi) is 3.67. The van der Waals surface area contributed by atoms with E-state index in [9.17, 15) is 4.79 Å². The molecule has 0 unspecified atom stereocenters. The van der Waals surface area contributed by atoms with Crippen LogP contribution in [0.4, 0.5) is 5.69 Å². The normalized spacial score (nSPS) is 11.1. The first-order chi connectivity index (χ1) is 10.5. The summed E-state index contributed by atoms with van der Waals surface area (Å²) >= 11 is 0. The van der Waals surface area contributed by atoms with E-state index >= 15 is 0 Å². The molecule has 3 rings (SSSR count). The third kappa shape index (κ3) is 2.86. The molecule has 1 N–H and O–H groups in total. The largest absolute Gasteiger partial charge is 0.436 e. The van der Waals surface area contributed by atoms with Crippen LogP contribution >= 0.6 is 0 Å². The third-order valence-electron chi connectivity index (χ3n) is 3.47. The zero-order valence-electron chi connectivity index (χ0n) is 12.9. The fourth-order valence-corrected chi connectivity index (χ4v) is 2.14. The Morgan fingerprint density at radius 1 is 1.14 bits per heavy atom. The van der Waals surface area contributed by atoms with Gasteiger partial charge in [0.2, 0.25) is 11.8 Å². The smallest absolute Gasteiger partial charge is 0.227 e. The number of anilines is 1. The van der Waals surface area contributed by atoms with Gasteiger partial charge in [0, 0.05) is 17.2 Å². The van der Waals surface area contributed by atoms with Gasteiger partial charge in [-0.1, -0.05) is 19.9 Å². The van der Waals surface area contributed by atoms with E-state index < -0.39 is 0 Å². The van der Waals surface area contributed by atoms with E-state index in [1.165, 1.54) is 0 Å². The second kappa shape index (κ2) is 5.64. The highest BCUT2D eigenvalue weighted by atomic mass is 16.3. The fraction of sp³-hybridized carbons (Fsp3) is 0.222. The highest BCUT2D eigenvalue weighted by Gasteiger charge is 2.10. The standard InChI is InChI=1S/C18H18N2O2/c1-11(2)17(21)19-14-7-5-13(6-8-14)18-20-15-9-4-12(3)10-16(15)22-18/h4-11H,1-3H3,(H,19,21). The van der Waals surface area contributed by atoms with Gasteiger partial charge in [-0.15, -0.1) is 0 Å². The van der Waals surface area contributed by atoms with Gasteiger partial charge in [-0.3, -0.25) is 4.79 Å². The average molecular weight is 294 g/mol. The fourth-order valence-electron chi connectivity index (χ4n) is 2.14. The Bertz CT molecular complexity index is 817. The van der Waals surface area contributed by atoms with Crippen molar-refractivity contribution in [3.05, 3.63) is 48.0 Å². The number of carbonyl (C=O) groups is 1. The molecule has 1 heterocycles. The van der Waals surface area contributed by atoms with Gasteiger partial charge in [-0.25, -0.2) is 4.98 Å². The van der Waals surface area contributed by atoms with E-state index in [1.807, 2.05) is 63.2 Å². The van der Waals surface area contributed by atoms with Crippen molar-refractivity contribution in [1.29, 1.82) is 0 Å². The van der Waals surface area contributed by atoms with Gasteiger partial charge in [0.25, 0.3) is 0 Å². The summed E-state index contributed by atoms with van der Waals surface area (Å²) in [5, 5.41) is 2.86. The molecule has 1 amide bonds.